The molecular weight excluding hydrogens is 901 g/mol. The molecule has 28 heteroatoms. The molecule has 0 aliphatic heterocycles. The molecule has 0 amide bonds. The average Bonchev–Trinajstić information content (AvgIpc) is 3.18. The second kappa shape index (κ2) is 16.7. The molecule has 0 radical (unpaired) electrons. The van der Waals surface area contributed by atoms with Crippen molar-refractivity contribution in [3.8, 4) is 11.5 Å². The van der Waals surface area contributed by atoms with Gasteiger partial charge in [0.05, 0.1) is 44.4 Å². The van der Waals surface area contributed by atoms with Gasteiger partial charge in [0.2, 0.25) is 0 Å². The molecule has 0 fully saturated rings. The number of azo groups is 2. The number of phenolic OH excluding ortho intramolecular Hbond substituents is 2. The molecule has 0 aliphatic carbocycles. The zero-order valence-electron chi connectivity index (χ0n) is 30.7. The number of nitrogens with two attached hydrogens (primary N) is 2. The minimum Gasteiger partial charge on any atom is -0.505 e. The number of nitrogens with zero attached hydrogens (tertiary/aromatic N) is 6. The Morgan fingerprint density at radius 2 is 1.08 bits per heavy atom. The number of hydrogen-bond donors (Lipinski definition) is 10. The first kappa shape index (κ1) is 44.4. The summed E-state index contributed by atoms with van der Waals surface area (Å²) in [6, 6.07) is 19.2. The number of hydrogen-bond acceptors (Lipinski definition) is 19. The van der Waals surface area contributed by atoms with Gasteiger partial charge in [0.15, 0.2) is 17.2 Å². The van der Waals surface area contributed by atoms with Gasteiger partial charge in [-0.15, -0.1) is 15.3 Å². The molecule has 24 nitrogen and oxygen atoms in total. The number of phenols is 2. The van der Waals surface area contributed by atoms with Crippen LogP contribution in [-0.4, -0.2) is 62.1 Å². The number of nitrogen functional groups attached to an aromatic ring is 2. The average molecular weight is 929 g/mol. The number of anilines is 5. The van der Waals surface area contributed by atoms with E-state index >= 15 is 0 Å². The minimum atomic E-state index is -5.29. The van der Waals surface area contributed by atoms with E-state index < -0.39 is 93.6 Å². The molecule has 0 atom stereocenters. The van der Waals surface area contributed by atoms with Crippen molar-refractivity contribution in [1.29, 1.82) is 0 Å². The Labute approximate surface area is 350 Å². The number of aromatic hydroxyl groups is 2. The van der Waals surface area contributed by atoms with Crippen molar-refractivity contribution >= 4 is 108 Å². The number of benzene rings is 6. The number of rotatable bonds is 13. The van der Waals surface area contributed by atoms with E-state index in [2.05, 4.69) is 41.5 Å². The fourth-order valence-corrected chi connectivity index (χ4v) is 7.92. The Balaban J connectivity index is 1.35. The summed E-state index contributed by atoms with van der Waals surface area (Å²) in [5.74, 6) is -1.37. The summed E-state index contributed by atoms with van der Waals surface area (Å²) < 4.78 is 137. The Morgan fingerprint density at radius 3 is 1.68 bits per heavy atom. The van der Waals surface area contributed by atoms with Crippen LogP contribution in [-0.2, 0) is 40.5 Å². The van der Waals surface area contributed by atoms with Gasteiger partial charge in [0.25, 0.3) is 40.5 Å². The maximum atomic E-state index is 12.5. The molecule has 0 spiro atoms. The van der Waals surface area contributed by atoms with Crippen LogP contribution in [0.2, 0.25) is 0 Å². The Hall–Kier alpha value is -7.18. The normalized spacial score (nSPS) is 12.8. The third-order valence-corrected chi connectivity index (χ3v) is 11.8. The molecule has 322 valence electrons. The number of nitrogens with one attached hydrogen (secondary N) is 2. The van der Waals surface area contributed by atoms with Crippen LogP contribution in [0.3, 0.4) is 0 Å². The Kier molecular flexibility index (Phi) is 12.0. The minimum absolute atomic E-state index is 0.0441. The van der Waals surface area contributed by atoms with Crippen LogP contribution in [0.15, 0.2) is 147 Å². The summed E-state index contributed by atoms with van der Waals surface area (Å²) in [4.78, 5) is -3.41. The van der Waals surface area contributed by atoms with Crippen LogP contribution < -0.4 is 22.2 Å². The summed E-state index contributed by atoms with van der Waals surface area (Å²) in [5.41, 5.74) is 12.0. The van der Waals surface area contributed by atoms with Gasteiger partial charge in [-0.3, -0.25) is 23.6 Å². The third-order valence-electron chi connectivity index (χ3n) is 8.33. The molecule has 0 heterocycles. The van der Waals surface area contributed by atoms with Gasteiger partial charge in [-0.2, -0.15) is 43.9 Å². The van der Waals surface area contributed by atoms with Gasteiger partial charge in [-0.05, 0) is 96.4 Å². The summed E-state index contributed by atoms with van der Waals surface area (Å²) >= 11 is 0. The summed E-state index contributed by atoms with van der Waals surface area (Å²) in [5, 5.41) is 45.7. The second-order valence-corrected chi connectivity index (χ2v) is 18.1. The van der Waals surface area contributed by atoms with Crippen molar-refractivity contribution < 1.29 is 62.1 Å². The van der Waals surface area contributed by atoms with Crippen LogP contribution in [0.4, 0.5) is 56.9 Å². The highest BCUT2D eigenvalue weighted by atomic mass is 32.2. The van der Waals surface area contributed by atoms with Gasteiger partial charge < -0.3 is 27.0 Å². The fraction of sp³-hybridized carbons (Fsp3) is 0. The first-order valence-electron chi connectivity index (χ1n) is 16.6. The third kappa shape index (κ3) is 9.88. The van der Waals surface area contributed by atoms with Crippen molar-refractivity contribution in [3.63, 3.8) is 0 Å². The first-order chi connectivity index (χ1) is 28.9. The highest BCUT2D eigenvalue weighted by molar-refractivity contribution is 7.86. The van der Waals surface area contributed by atoms with Crippen molar-refractivity contribution in [1.82, 2.24) is 0 Å². The maximum absolute atomic E-state index is 12.5. The zero-order valence-corrected chi connectivity index (χ0v) is 33.9. The first-order valence-corrected chi connectivity index (χ1v) is 22.4. The predicted octanol–water partition coefficient (Wildman–Crippen LogP) is 7.09. The lowest BCUT2D eigenvalue weighted by molar-refractivity contribution is 0.472. The molecule has 62 heavy (non-hydrogen) atoms. The van der Waals surface area contributed by atoms with Crippen LogP contribution in [0.5, 0.6) is 11.5 Å². The van der Waals surface area contributed by atoms with Crippen molar-refractivity contribution in [3.05, 3.63) is 97.1 Å². The van der Waals surface area contributed by atoms with Crippen LogP contribution >= 0.6 is 0 Å². The van der Waals surface area contributed by atoms with Crippen molar-refractivity contribution in [2.45, 2.75) is 19.6 Å². The largest absolute Gasteiger partial charge is 0.505 e. The Morgan fingerprint density at radius 1 is 0.516 bits per heavy atom. The van der Waals surface area contributed by atoms with Crippen LogP contribution in [0, 0.1) is 0 Å². The van der Waals surface area contributed by atoms with Gasteiger partial charge in [0, 0.05) is 5.69 Å². The molecule has 6 aromatic rings. The lowest BCUT2D eigenvalue weighted by Gasteiger charge is -2.14. The molecule has 0 aromatic heterocycles. The molecule has 6 aromatic carbocycles. The van der Waals surface area contributed by atoms with E-state index in [4.69, 9.17) is 16.0 Å². The summed E-state index contributed by atoms with van der Waals surface area (Å²) in [7, 11) is -20.1. The zero-order chi connectivity index (χ0) is 45.4. The molecular formula is C34H28N10O14S4. The summed E-state index contributed by atoms with van der Waals surface area (Å²) in [6.45, 7) is 0. The highest BCUT2D eigenvalue weighted by Gasteiger charge is 2.28. The lowest BCUT2D eigenvalue weighted by Crippen LogP contribution is -2.04. The van der Waals surface area contributed by atoms with Gasteiger partial charge in [0.1, 0.15) is 26.1 Å². The topological polar surface area (TPSA) is 408 Å². The van der Waals surface area contributed by atoms with E-state index in [0.717, 1.165) is 36.4 Å². The quantitative estimate of drug-likeness (QED) is 0.0182. The van der Waals surface area contributed by atoms with E-state index in [0.29, 0.717) is 23.5 Å². The maximum Gasteiger partial charge on any atom is 0.296 e. The van der Waals surface area contributed by atoms with E-state index in [-0.39, 0.29) is 34.2 Å². The van der Waals surface area contributed by atoms with Crippen LogP contribution in [0.25, 0.3) is 10.8 Å². The van der Waals surface area contributed by atoms with Crippen molar-refractivity contribution in [2.75, 3.05) is 22.2 Å². The molecule has 12 N–H and O–H groups in total. The van der Waals surface area contributed by atoms with E-state index in [1.54, 1.807) is 6.07 Å². The van der Waals surface area contributed by atoms with E-state index in [1.165, 1.54) is 42.5 Å². The molecule has 0 saturated heterocycles. The van der Waals surface area contributed by atoms with E-state index in [1.807, 2.05) is 0 Å². The summed E-state index contributed by atoms with van der Waals surface area (Å²) in [6.07, 6.45) is 0. The molecule has 0 bridgehead atoms. The van der Waals surface area contributed by atoms with Crippen LogP contribution in [0.1, 0.15) is 0 Å². The lowest BCUT2D eigenvalue weighted by atomic mass is 10.1. The molecule has 0 aliphatic rings. The molecule has 0 unspecified atom stereocenters. The highest BCUT2D eigenvalue weighted by Crippen LogP contribution is 2.48. The molecule has 0 saturated carbocycles. The van der Waals surface area contributed by atoms with Gasteiger partial charge >= 0.3 is 0 Å². The van der Waals surface area contributed by atoms with Crippen molar-refractivity contribution in [2.24, 2.45) is 30.8 Å². The second-order valence-electron chi connectivity index (χ2n) is 12.5. The standard InChI is InChI=1S/C34H28N10O14S4/c35-23-2-1-3-25(33(23)45)41-38-19-6-4-18(5-7-19)37-24-13-10-21(16-26(24)60(50,51)52)39-42-31-27(61(53,54)55)14-17-15-28(62(56,57)58)32(34(46)29(17)30(31)36)43-44-40-20-8-11-22(12-9-20)59(47,48)49/h1-16,37,45-46H,35-36H2,(H,40,43)(H,47,48,49)(H,50,51,52)(H,53,54,55)(H,56,57,58). The Bertz CT molecular complexity index is 3330. The number of para-hydroxylation sites is 1. The SMILES string of the molecule is Nc1cccc(N=Nc2ccc(Nc3ccc(N=Nc4c(S(=O)(=O)O)cc5cc(S(=O)(=O)O)c(N=NNc6ccc(S(=O)(=O)O)cc6)c(O)c5c4N)cc3S(=O)(=O)O)cc2)c1O. The van der Waals surface area contributed by atoms with Gasteiger partial charge in [-0.25, -0.2) is 0 Å². The fourth-order valence-electron chi connectivity index (χ4n) is 5.44. The monoisotopic (exact) mass is 928 g/mol. The predicted molar refractivity (Wildman–Crippen MR) is 221 cm³/mol. The smallest absolute Gasteiger partial charge is 0.296 e. The van der Waals surface area contributed by atoms with Gasteiger partial charge in [-0.1, -0.05) is 11.3 Å². The number of fused-ring (bicyclic) bond motifs is 1. The molecule has 6 rings (SSSR count). The van der Waals surface area contributed by atoms with E-state index in [9.17, 15) is 57.5 Å².